The van der Waals surface area contributed by atoms with Gasteiger partial charge in [0.1, 0.15) is 0 Å². The fourth-order valence-electron chi connectivity index (χ4n) is 0.645. The molecule has 0 aliphatic carbocycles. The minimum Gasteiger partial charge on any atom is -0.351 e. The fraction of sp³-hybridized carbons (Fsp3) is 0.250. The summed E-state index contributed by atoms with van der Waals surface area (Å²) < 4.78 is 0. The van der Waals surface area contributed by atoms with Crippen molar-refractivity contribution in [1.82, 2.24) is 9.97 Å². The summed E-state index contributed by atoms with van der Waals surface area (Å²) in [6, 6.07) is 0. The molecule has 0 aromatic carbocycles. The Balaban J connectivity index is 0.000000112. The Hall–Kier alpha value is -1.38. The average Bonchev–Trinajstić information content (AvgIpc) is 2.57. The van der Waals surface area contributed by atoms with E-state index in [9.17, 15) is 0 Å². The van der Waals surface area contributed by atoms with Crippen LogP contribution in [0.15, 0.2) is 35.5 Å². The molecule has 0 saturated heterocycles. The molecule has 0 unspecified atom stereocenters. The van der Waals surface area contributed by atoms with Crippen LogP contribution in [-0.4, -0.2) is 16.2 Å². The Labute approximate surface area is 65.9 Å². The van der Waals surface area contributed by atoms with Crippen molar-refractivity contribution < 1.29 is 0 Å². The molecule has 3 heteroatoms. The SMILES string of the molecule is CC1=CN=CC1.c1c[nH]cn1. The van der Waals surface area contributed by atoms with Crippen LogP contribution in [0.5, 0.6) is 0 Å². The number of aromatic nitrogens is 2. The second kappa shape index (κ2) is 4.44. The maximum atomic E-state index is 3.88. The quantitative estimate of drug-likeness (QED) is 0.600. The summed E-state index contributed by atoms with van der Waals surface area (Å²) in [4.78, 5) is 10.3. The van der Waals surface area contributed by atoms with Gasteiger partial charge in [0.2, 0.25) is 0 Å². The van der Waals surface area contributed by atoms with Crippen molar-refractivity contribution >= 4 is 6.21 Å². The highest BCUT2D eigenvalue weighted by Gasteiger charge is 1.87. The van der Waals surface area contributed by atoms with Gasteiger partial charge in [-0.05, 0) is 12.5 Å². The van der Waals surface area contributed by atoms with Crippen molar-refractivity contribution in [2.75, 3.05) is 0 Å². The van der Waals surface area contributed by atoms with E-state index in [2.05, 4.69) is 21.9 Å². The molecule has 0 bridgehead atoms. The molecule has 2 heterocycles. The van der Waals surface area contributed by atoms with E-state index in [4.69, 9.17) is 0 Å². The predicted molar refractivity (Wildman–Crippen MR) is 45.5 cm³/mol. The van der Waals surface area contributed by atoms with Crippen LogP contribution in [-0.2, 0) is 0 Å². The Morgan fingerprint density at radius 2 is 2.45 bits per heavy atom. The van der Waals surface area contributed by atoms with Gasteiger partial charge in [0.15, 0.2) is 0 Å². The van der Waals surface area contributed by atoms with E-state index in [1.807, 2.05) is 12.4 Å². The first-order valence-corrected chi connectivity index (χ1v) is 3.49. The molecule has 0 atom stereocenters. The van der Waals surface area contributed by atoms with Crippen LogP contribution >= 0.6 is 0 Å². The van der Waals surface area contributed by atoms with Crippen LogP contribution in [0.1, 0.15) is 13.3 Å². The Morgan fingerprint density at radius 3 is 2.64 bits per heavy atom. The first-order valence-electron chi connectivity index (χ1n) is 3.49. The summed E-state index contributed by atoms with van der Waals surface area (Å²) in [5.74, 6) is 0. The summed E-state index contributed by atoms with van der Waals surface area (Å²) in [5.41, 5.74) is 1.36. The van der Waals surface area contributed by atoms with Gasteiger partial charge in [-0.2, -0.15) is 0 Å². The topological polar surface area (TPSA) is 41.0 Å². The number of nitrogens with one attached hydrogen (secondary N) is 1. The number of imidazole rings is 1. The van der Waals surface area contributed by atoms with E-state index in [1.54, 1.807) is 18.7 Å². The van der Waals surface area contributed by atoms with E-state index in [1.165, 1.54) is 5.57 Å². The van der Waals surface area contributed by atoms with E-state index in [0.717, 1.165) is 6.42 Å². The first kappa shape index (κ1) is 7.72. The van der Waals surface area contributed by atoms with Crippen molar-refractivity contribution in [2.45, 2.75) is 13.3 Å². The summed E-state index contributed by atoms with van der Waals surface area (Å²) in [6.07, 6.45) is 9.94. The van der Waals surface area contributed by atoms with Gasteiger partial charge in [0, 0.05) is 31.2 Å². The van der Waals surface area contributed by atoms with Crippen molar-refractivity contribution in [3.05, 3.63) is 30.5 Å². The van der Waals surface area contributed by atoms with Gasteiger partial charge in [-0.3, -0.25) is 4.99 Å². The molecule has 0 saturated carbocycles. The molecule has 3 nitrogen and oxygen atoms in total. The molecule has 1 N–H and O–H groups in total. The molecule has 2 rings (SSSR count). The zero-order valence-electron chi connectivity index (χ0n) is 6.49. The third kappa shape index (κ3) is 3.35. The highest BCUT2D eigenvalue weighted by Crippen LogP contribution is 2.01. The predicted octanol–water partition coefficient (Wildman–Crippen LogP) is 1.77. The van der Waals surface area contributed by atoms with E-state index >= 15 is 0 Å². The summed E-state index contributed by atoms with van der Waals surface area (Å²) in [6.45, 7) is 2.08. The summed E-state index contributed by atoms with van der Waals surface area (Å²) in [5, 5.41) is 0. The van der Waals surface area contributed by atoms with Crippen LogP contribution in [0.2, 0.25) is 0 Å². The Morgan fingerprint density at radius 1 is 1.55 bits per heavy atom. The van der Waals surface area contributed by atoms with E-state index < -0.39 is 0 Å². The lowest BCUT2D eigenvalue weighted by Gasteiger charge is -1.76. The van der Waals surface area contributed by atoms with Gasteiger partial charge in [0.25, 0.3) is 0 Å². The fourth-order valence-corrected chi connectivity index (χ4v) is 0.645. The van der Waals surface area contributed by atoms with Gasteiger partial charge in [-0.1, -0.05) is 0 Å². The molecule has 1 aromatic heterocycles. The van der Waals surface area contributed by atoms with Crippen molar-refractivity contribution in [3.63, 3.8) is 0 Å². The second-order valence-corrected chi connectivity index (χ2v) is 2.27. The maximum Gasteiger partial charge on any atom is 0.0919 e. The molecule has 58 valence electrons. The number of nitrogens with zero attached hydrogens (tertiary/aromatic N) is 2. The lowest BCUT2D eigenvalue weighted by atomic mass is 10.3. The number of allylic oxidation sites excluding steroid dienone is 1. The molecule has 11 heavy (non-hydrogen) atoms. The smallest absolute Gasteiger partial charge is 0.0919 e. The lowest BCUT2D eigenvalue weighted by Crippen LogP contribution is -1.64. The molecule has 0 radical (unpaired) electrons. The largest absolute Gasteiger partial charge is 0.351 e. The summed E-state index contributed by atoms with van der Waals surface area (Å²) >= 11 is 0. The van der Waals surface area contributed by atoms with Gasteiger partial charge in [-0.25, -0.2) is 4.98 Å². The van der Waals surface area contributed by atoms with Crippen LogP contribution < -0.4 is 0 Å². The number of aliphatic imine (C=N–C) groups is 1. The van der Waals surface area contributed by atoms with Crippen LogP contribution in [0.25, 0.3) is 0 Å². The molecule has 0 amide bonds. The van der Waals surface area contributed by atoms with Gasteiger partial charge < -0.3 is 4.98 Å². The van der Waals surface area contributed by atoms with Crippen molar-refractivity contribution in [1.29, 1.82) is 0 Å². The minimum absolute atomic E-state index is 1.06. The maximum absolute atomic E-state index is 3.88. The summed E-state index contributed by atoms with van der Waals surface area (Å²) in [7, 11) is 0. The first-order chi connectivity index (χ1) is 5.39. The number of aromatic amines is 1. The molecule has 0 fully saturated rings. The zero-order chi connectivity index (χ0) is 7.94. The number of hydrogen-bond donors (Lipinski definition) is 1. The van der Waals surface area contributed by atoms with Crippen LogP contribution in [0.3, 0.4) is 0 Å². The van der Waals surface area contributed by atoms with E-state index in [-0.39, 0.29) is 0 Å². The molecule has 1 aromatic rings. The number of hydrogen-bond acceptors (Lipinski definition) is 2. The molecule has 1 aliphatic rings. The number of H-pyrrole nitrogens is 1. The third-order valence-corrected chi connectivity index (χ3v) is 1.22. The highest BCUT2D eigenvalue weighted by molar-refractivity contribution is 5.64. The number of rotatable bonds is 0. The average molecular weight is 149 g/mol. The second-order valence-electron chi connectivity index (χ2n) is 2.27. The minimum atomic E-state index is 1.06. The Bertz CT molecular complexity index is 217. The van der Waals surface area contributed by atoms with Crippen molar-refractivity contribution in [2.24, 2.45) is 4.99 Å². The van der Waals surface area contributed by atoms with Gasteiger partial charge >= 0.3 is 0 Å². The standard InChI is InChI=1S/C5H7N.C3H4N2/c1-5-2-3-6-4-5;1-2-5-3-4-1/h3-4H,2H2,1H3;1-3H,(H,4,5). The van der Waals surface area contributed by atoms with Gasteiger partial charge in [-0.15, -0.1) is 0 Å². The van der Waals surface area contributed by atoms with Crippen LogP contribution in [0, 0.1) is 0 Å². The highest BCUT2D eigenvalue weighted by atomic mass is 14.8. The third-order valence-electron chi connectivity index (χ3n) is 1.22. The molecule has 1 aliphatic heterocycles. The monoisotopic (exact) mass is 149 g/mol. The van der Waals surface area contributed by atoms with Crippen molar-refractivity contribution in [3.8, 4) is 0 Å². The molecule has 0 spiro atoms. The van der Waals surface area contributed by atoms with E-state index in [0.29, 0.717) is 0 Å². The zero-order valence-corrected chi connectivity index (χ0v) is 6.49. The lowest BCUT2D eigenvalue weighted by molar-refractivity contribution is 1.31. The molecular weight excluding hydrogens is 138 g/mol. The normalized spacial score (nSPS) is 13.7. The van der Waals surface area contributed by atoms with Crippen LogP contribution in [0.4, 0.5) is 0 Å². The Kier molecular flexibility index (Phi) is 3.12. The molecular formula is C8H11N3. The van der Waals surface area contributed by atoms with Gasteiger partial charge in [0.05, 0.1) is 6.33 Å².